The first kappa shape index (κ1) is 12.7. The third kappa shape index (κ3) is 4.45. The molecule has 1 aromatic rings. The third-order valence-electron chi connectivity index (χ3n) is 2.73. The topological polar surface area (TPSA) is 57.5 Å². The smallest absolute Gasteiger partial charge is 0.303 e. The quantitative estimate of drug-likeness (QED) is 0.774. The molecule has 3 nitrogen and oxygen atoms in total. The molecule has 0 aromatic heterocycles. The van der Waals surface area contributed by atoms with Crippen LogP contribution < -0.4 is 0 Å². The predicted octanol–water partition coefficient (Wildman–Crippen LogP) is 2.09. The molecule has 2 unspecified atom stereocenters. The Morgan fingerprint density at radius 3 is 2.50 bits per heavy atom. The summed E-state index contributed by atoms with van der Waals surface area (Å²) in [6, 6.07) is 9.89. The van der Waals surface area contributed by atoms with Gasteiger partial charge < -0.3 is 10.2 Å². The molecule has 0 saturated carbocycles. The number of carboxylic acid groups (broad SMARTS) is 1. The Labute approximate surface area is 95.7 Å². The number of carboxylic acids is 1. The Hall–Kier alpha value is -1.35. The van der Waals surface area contributed by atoms with Gasteiger partial charge in [-0.15, -0.1) is 0 Å². The van der Waals surface area contributed by atoms with Crippen LogP contribution in [-0.4, -0.2) is 22.3 Å². The zero-order valence-electron chi connectivity index (χ0n) is 9.47. The molecule has 1 rings (SSSR count). The Balaban J connectivity index is 2.35. The molecular formula is C13H18O3. The first-order valence-corrected chi connectivity index (χ1v) is 5.53. The SMILES string of the molecule is CC(CC(=O)O)C(O)CCc1ccccc1. The Morgan fingerprint density at radius 2 is 1.94 bits per heavy atom. The minimum absolute atomic E-state index is 0.0238. The molecule has 0 fully saturated rings. The molecule has 0 heterocycles. The second-order valence-corrected chi connectivity index (χ2v) is 4.17. The van der Waals surface area contributed by atoms with Crippen LogP contribution in [0.2, 0.25) is 0 Å². The van der Waals surface area contributed by atoms with E-state index < -0.39 is 12.1 Å². The Bertz CT molecular complexity index is 321. The summed E-state index contributed by atoms with van der Waals surface area (Å²) < 4.78 is 0. The van der Waals surface area contributed by atoms with E-state index in [0.717, 1.165) is 6.42 Å². The van der Waals surface area contributed by atoms with Gasteiger partial charge in [-0.1, -0.05) is 37.3 Å². The largest absolute Gasteiger partial charge is 0.481 e. The van der Waals surface area contributed by atoms with Crippen LogP contribution in [0.25, 0.3) is 0 Å². The molecule has 0 amide bonds. The van der Waals surface area contributed by atoms with Gasteiger partial charge in [-0.3, -0.25) is 4.79 Å². The molecule has 0 aliphatic rings. The summed E-state index contributed by atoms with van der Waals surface area (Å²) in [7, 11) is 0. The van der Waals surface area contributed by atoms with Gasteiger partial charge in [0.2, 0.25) is 0 Å². The molecule has 2 N–H and O–H groups in total. The minimum atomic E-state index is -0.855. The number of hydrogen-bond acceptors (Lipinski definition) is 2. The zero-order valence-corrected chi connectivity index (χ0v) is 9.47. The first-order chi connectivity index (χ1) is 7.59. The monoisotopic (exact) mass is 222 g/mol. The number of benzene rings is 1. The average Bonchev–Trinajstić information content (AvgIpc) is 2.26. The van der Waals surface area contributed by atoms with Crippen LogP contribution >= 0.6 is 0 Å². The van der Waals surface area contributed by atoms with Gasteiger partial charge in [-0.05, 0) is 24.3 Å². The molecule has 0 radical (unpaired) electrons. The third-order valence-corrected chi connectivity index (χ3v) is 2.73. The van der Waals surface area contributed by atoms with Crippen molar-refractivity contribution in [2.75, 3.05) is 0 Å². The second-order valence-electron chi connectivity index (χ2n) is 4.17. The molecule has 0 aliphatic carbocycles. The van der Waals surface area contributed by atoms with E-state index in [1.165, 1.54) is 5.56 Å². The molecule has 1 aromatic carbocycles. The Kier molecular flexibility index (Phi) is 4.99. The maximum atomic E-state index is 10.5. The van der Waals surface area contributed by atoms with Gasteiger partial charge in [0, 0.05) is 0 Å². The molecule has 0 aliphatic heterocycles. The van der Waals surface area contributed by atoms with Gasteiger partial charge in [-0.25, -0.2) is 0 Å². The number of aliphatic carboxylic acids is 1. The lowest BCUT2D eigenvalue weighted by molar-refractivity contribution is -0.139. The van der Waals surface area contributed by atoms with Crippen LogP contribution in [0, 0.1) is 5.92 Å². The highest BCUT2D eigenvalue weighted by Crippen LogP contribution is 2.14. The maximum absolute atomic E-state index is 10.5. The van der Waals surface area contributed by atoms with Crippen LogP contribution in [0.1, 0.15) is 25.3 Å². The second kappa shape index (κ2) is 6.28. The van der Waals surface area contributed by atoms with Crippen molar-refractivity contribution in [3.05, 3.63) is 35.9 Å². The van der Waals surface area contributed by atoms with Crippen LogP contribution in [0.15, 0.2) is 30.3 Å². The van der Waals surface area contributed by atoms with Crippen LogP contribution in [-0.2, 0) is 11.2 Å². The maximum Gasteiger partial charge on any atom is 0.303 e. The van der Waals surface area contributed by atoms with Crippen molar-refractivity contribution in [1.29, 1.82) is 0 Å². The van der Waals surface area contributed by atoms with Crippen molar-refractivity contribution in [1.82, 2.24) is 0 Å². The predicted molar refractivity (Wildman–Crippen MR) is 62.2 cm³/mol. The van der Waals surface area contributed by atoms with Crippen molar-refractivity contribution in [3.8, 4) is 0 Å². The number of hydrogen-bond donors (Lipinski definition) is 2. The average molecular weight is 222 g/mol. The van der Waals surface area contributed by atoms with E-state index in [-0.39, 0.29) is 12.3 Å². The molecule has 88 valence electrons. The van der Waals surface area contributed by atoms with Crippen LogP contribution in [0.4, 0.5) is 0 Å². The fraction of sp³-hybridized carbons (Fsp3) is 0.462. The van der Waals surface area contributed by atoms with Crippen molar-refractivity contribution in [2.45, 2.75) is 32.3 Å². The fourth-order valence-electron chi connectivity index (χ4n) is 1.66. The summed E-state index contributed by atoms with van der Waals surface area (Å²) in [6.45, 7) is 1.77. The van der Waals surface area contributed by atoms with Gasteiger partial charge in [-0.2, -0.15) is 0 Å². The van der Waals surface area contributed by atoms with E-state index in [4.69, 9.17) is 5.11 Å². The Morgan fingerprint density at radius 1 is 1.31 bits per heavy atom. The van der Waals surface area contributed by atoms with Gasteiger partial charge in [0.1, 0.15) is 0 Å². The summed E-state index contributed by atoms with van der Waals surface area (Å²) >= 11 is 0. The van der Waals surface area contributed by atoms with E-state index in [0.29, 0.717) is 6.42 Å². The summed E-state index contributed by atoms with van der Waals surface area (Å²) in [5, 5.41) is 18.4. The highest BCUT2D eigenvalue weighted by atomic mass is 16.4. The lowest BCUT2D eigenvalue weighted by Gasteiger charge is -2.16. The number of aliphatic hydroxyl groups is 1. The van der Waals surface area contributed by atoms with Crippen molar-refractivity contribution < 1.29 is 15.0 Å². The highest BCUT2D eigenvalue weighted by Gasteiger charge is 2.16. The minimum Gasteiger partial charge on any atom is -0.481 e. The number of rotatable bonds is 6. The first-order valence-electron chi connectivity index (χ1n) is 5.53. The molecule has 0 spiro atoms. The molecular weight excluding hydrogens is 204 g/mol. The molecule has 0 bridgehead atoms. The highest BCUT2D eigenvalue weighted by molar-refractivity contribution is 5.67. The number of aliphatic hydroxyl groups excluding tert-OH is 1. The van der Waals surface area contributed by atoms with Crippen molar-refractivity contribution >= 4 is 5.97 Å². The summed E-state index contributed by atoms with van der Waals surface area (Å²) in [6.07, 6.45) is 0.872. The fourth-order valence-corrected chi connectivity index (χ4v) is 1.66. The van der Waals surface area contributed by atoms with E-state index in [2.05, 4.69) is 0 Å². The number of carbonyl (C=O) groups is 1. The summed E-state index contributed by atoms with van der Waals surface area (Å²) in [4.78, 5) is 10.5. The normalized spacial score (nSPS) is 14.4. The summed E-state index contributed by atoms with van der Waals surface area (Å²) in [5.41, 5.74) is 1.17. The van der Waals surface area contributed by atoms with Crippen LogP contribution in [0.5, 0.6) is 0 Å². The van der Waals surface area contributed by atoms with Crippen molar-refractivity contribution in [2.24, 2.45) is 5.92 Å². The van der Waals surface area contributed by atoms with E-state index in [1.54, 1.807) is 6.92 Å². The molecule has 3 heteroatoms. The van der Waals surface area contributed by atoms with Gasteiger partial charge >= 0.3 is 5.97 Å². The van der Waals surface area contributed by atoms with Gasteiger partial charge in [0.15, 0.2) is 0 Å². The molecule has 0 saturated heterocycles. The van der Waals surface area contributed by atoms with E-state index >= 15 is 0 Å². The van der Waals surface area contributed by atoms with Crippen LogP contribution in [0.3, 0.4) is 0 Å². The van der Waals surface area contributed by atoms with E-state index in [1.807, 2.05) is 30.3 Å². The summed E-state index contributed by atoms with van der Waals surface area (Å²) in [5.74, 6) is -1.05. The van der Waals surface area contributed by atoms with E-state index in [9.17, 15) is 9.90 Å². The zero-order chi connectivity index (χ0) is 12.0. The lowest BCUT2D eigenvalue weighted by Crippen LogP contribution is -2.21. The standard InChI is InChI=1S/C13H18O3/c1-10(9-13(15)16)12(14)8-7-11-5-3-2-4-6-11/h2-6,10,12,14H,7-9H2,1H3,(H,15,16). The number of aryl methyl sites for hydroxylation is 1. The van der Waals surface area contributed by atoms with Gasteiger partial charge in [0.05, 0.1) is 12.5 Å². The molecule has 2 atom stereocenters. The molecule has 16 heavy (non-hydrogen) atoms. The van der Waals surface area contributed by atoms with Crippen molar-refractivity contribution in [3.63, 3.8) is 0 Å². The lowest BCUT2D eigenvalue weighted by atomic mass is 9.95. The van der Waals surface area contributed by atoms with Gasteiger partial charge in [0.25, 0.3) is 0 Å².